The monoisotopic (exact) mass is 558 g/mol. The Balaban J connectivity index is 1.45. The maximum absolute atomic E-state index is 4.71. The van der Waals surface area contributed by atoms with Crippen LogP contribution in [0.4, 0.5) is 0 Å². The summed E-state index contributed by atoms with van der Waals surface area (Å²) in [6, 6.07) is 15.8. The Morgan fingerprint density at radius 1 is 0.633 bits per heavy atom. The molecule has 0 spiro atoms. The van der Waals surface area contributed by atoms with Crippen molar-refractivity contribution in [1.29, 1.82) is 0 Å². The van der Waals surface area contributed by atoms with E-state index in [9.17, 15) is 0 Å². The minimum absolute atomic E-state index is 0.687. The van der Waals surface area contributed by atoms with E-state index in [4.69, 9.17) is 10.2 Å². The van der Waals surface area contributed by atoms with E-state index in [1.54, 1.807) is 9.03 Å². The second-order valence-electron chi connectivity index (χ2n) is 6.27. The average molecular weight is 560 g/mol. The SMILES string of the molecule is Brc1cccc(-c2nnc3sc(-c4nn5c(-c6cccc(Br)c6)nnc5s4)nn23)c1. The molecule has 0 saturated carbocycles. The summed E-state index contributed by atoms with van der Waals surface area (Å²) >= 11 is 9.87. The molecule has 0 amide bonds. The Kier molecular flexibility index (Phi) is 4.26. The number of fused-ring (bicyclic) bond motifs is 2. The van der Waals surface area contributed by atoms with Crippen molar-refractivity contribution in [3.8, 4) is 32.8 Å². The molecule has 6 aromatic rings. The van der Waals surface area contributed by atoms with Crippen molar-refractivity contribution in [2.45, 2.75) is 0 Å². The van der Waals surface area contributed by atoms with Crippen LogP contribution in [0.1, 0.15) is 0 Å². The molecule has 4 heterocycles. The molecule has 0 aliphatic heterocycles. The lowest BCUT2D eigenvalue weighted by Gasteiger charge is -1.97. The van der Waals surface area contributed by atoms with Gasteiger partial charge in [-0.3, -0.25) is 0 Å². The third kappa shape index (κ3) is 2.98. The fraction of sp³-hybridized carbons (Fsp3) is 0. The van der Waals surface area contributed by atoms with Gasteiger partial charge in [0.2, 0.25) is 9.92 Å². The first-order chi connectivity index (χ1) is 14.7. The highest BCUT2D eigenvalue weighted by molar-refractivity contribution is 9.10. The normalized spacial score (nSPS) is 11.7. The summed E-state index contributed by atoms with van der Waals surface area (Å²) < 4.78 is 5.44. The van der Waals surface area contributed by atoms with Crippen LogP contribution in [0.3, 0.4) is 0 Å². The molecule has 0 aliphatic carbocycles. The van der Waals surface area contributed by atoms with E-state index in [0.717, 1.165) is 30.1 Å². The summed E-state index contributed by atoms with van der Waals surface area (Å²) in [6.07, 6.45) is 0. The van der Waals surface area contributed by atoms with Crippen molar-refractivity contribution in [3.63, 3.8) is 0 Å². The minimum Gasteiger partial charge on any atom is -0.182 e. The highest BCUT2D eigenvalue weighted by atomic mass is 79.9. The van der Waals surface area contributed by atoms with Gasteiger partial charge in [0.05, 0.1) is 0 Å². The molecule has 6 rings (SSSR count). The van der Waals surface area contributed by atoms with Crippen LogP contribution in [-0.4, -0.2) is 39.6 Å². The Hall–Kier alpha value is -2.54. The van der Waals surface area contributed by atoms with Gasteiger partial charge in [-0.1, -0.05) is 78.8 Å². The molecule has 8 nitrogen and oxygen atoms in total. The summed E-state index contributed by atoms with van der Waals surface area (Å²) in [5, 5.41) is 28.1. The first kappa shape index (κ1) is 18.2. The summed E-state index contributed by atoms with van der Waals surface area (Å²) in [4.78, 5) is 1.41. The minimum atomic E-state index is 0.687. The topological polar surface area (TPSA) is 86.2 Å². The highest BCUT2D eigenvalue weighted by Gasteiger charge is 2.20. The number of rotatable bonds is 3. The number of hydrogen-bond acceptors (Lipinski definition) is 8. The third-order valence-corrected chi connectivity index (χ3v) is 7.26. The quantitative estimate of drug-likeness (QED) is 0.296. The van der Waals surface area contributed by atoms with Crippen LogP contribution >= 0.6 is 54.5 Å². The molecule has 0 bridgehead atoms. The zero-order valence-electron chi connectivity index (χ0n) is 14.8. The lowest BCUT2D eigenvalue weighted by Crippen LogP contribution is -1.92. The van der Waals surface area contributed by atoms with Gasteiger partial charge < -0.3 is 0 Å². The Bertz CT molecular complexity index is 1430. The zero-order chi connectivity index (χ0) is 20.2. The molecule has 0 unspecified atom stereocenters. The van der Waals surface area contributed by atoms with Crippen LogP contribution in [0.5, 0.6) is 0 Å². The van der Waals surface area contributed by atoms with Crippen molar-refractivity contribution in [2.75, 3.05) is 0 Å². The first-order valence-electron chi connectivity index (χ1n) is 8.62. The van der Waals surface area contributed by atoms with E-state index in [1.807, 2.05) is 48.5 Å². The summed E-state index contributed by atoms with van der Waals surface area (Å²) in [6.45, 7) is 0. The van der Waals surface area contributed by atoms with Crippen molar-refractivity contribution in [3.05, 3.63) is 57.5 Å². The average Bonchev–Trinajstić information content (AvgIpc) is 3.47. The van der Waals surface area contributed by atoms with Gasteiger partial charge in [0, 0.05) is 20.1 Å². The van der Waals surface area contributed by atoms with E-state index in [0.29, 0.717) is 21.6 Å². The molecule has 2 aromatic carbocycles. The molecule has 146 valence electrons. The molecular weight excluding hydrogens is 552 g/mol. The Morgan fingerprint density at radius 3 is 1.53 bits per heavy atom. The van der Waals surface area contributed by atoms with Crippen molar-refractivity contribution < 1.29 is 0 Å². The molecular formula is C18H8Br2N8S2. The largest absolute Gasteiger partial charge is 0.235 e. The molecule has 0 fully saturated rings. The lowest BCUT2D eigenvalue weighted by atomic mass is 10.2. The number of hydrogen-bond donors (Lipinski definition) is 0. The fourth-order valence-electron chi connectivity index (χ4n) is 3.02. The molecule has 30 heavy (non-hydrogen) atoms. The fourth-order valence-corrected chi connectivity index (χ4v) is 5.51. The summed E-state index contributed by atoms with van der Waals surface area (Å²) in [7, 11) is 0. The van der Waals surface area contributed by atoms with Crippen LogP contribution in [0, 0.1) is 0 Å². The van der Waals surface area contributed by atoms with E-state index >= 15 is 0 Å². The molecule has 0 aliphatic rings. The zero-order valence-corrected chi connectivity index (χ0v) is 19.6. The van der Waals surface area contributed by atoms with E-state index in [2.05, 4.69) is 52.3 Å². The van der Waals surface area contributed by atoms with Gasteiger partial charge in [0.15, 0.2) is 21.7 Å². The van der Waals surface area contributed by atoms with Gasteiger partial charge in [0.25, 0.3) is 0 Å². The van der Waals surface area contributed by atoms with Crippen LogP contribution in [0.15, 0.2) is 57.5 Å². The predicted octanol–water partition coefficient (Wildman–Crippen LogP) is 5.21. The van der Waals surface area contributed by atoms with Crippen molar-refractivity contribution >= 4 is 64.5 Å². The van der Waals surface area contributed by atoms with Gasteiger partial charge >= 0.3 is 0 Å². The van der Waals surface area contributed by atoms with E-state index in [1.165, 1.54) is 22.7 Å². The summed E-state index contributed by atoms with van der Waals surface area (Å²) in [5.41, 5.74) is 1.87. The Morgan fingerprint density at radius 2 is 1.10 bits per heavy atom. The van der Waals surface area contributed by atoms with Crippen LogP contribution in [0.25, 0.3) is 42.7 Å². The van der Waals surface area contributed by atoms with Gasteiger partial charge in [-0.25, -0.2) is 0 Å². The van der Waals surface area contributed by atoms with E-state index in [-0.39, 0.29) is 0 Å². The van der Waals surface area contributed by atoms with Gasteiger partial charge in [-0.15, -0.1) is 30.6 Å². The summed E-state index contributed by atoms with van der Waals surface area (Å²) in [5.74, 6) is 1.37. The van der Waals surface area contributed by atoms with Crippen LogP contribution in [-0.2, 0) is 0 Å². The lowest BCUT2D eigenvalue weighted by molar-refractivity contribution is 0.944. The maximum Gasteiger partial charge on any atom is 0.235 e. The van der Waals surface area contributed by atoms with Gasteiger partial charge in [0.1, 0.15) is 0 Å². The molecule has 0 N–H and O–H groups in total. The van der Waals surface area contributed by atoms with Crippen LogP contribution < -0.4 is 0 Å². The maximum atomic E-state index is 4.71. The Labute approximate surface area is 193 Å². The van der Waals surface area contributed by atoms with Gasteiger partial charge in [-0.05, 0) is 24.3 Å². The van der Waals surface area contributed by atoms with E-state index < -0.39 is 0 Å². The first-order valence-corrected chi connectivity index (χ1v) is 11.8. The number of benzene rings is 2. The molecule has 0 radical (unpaired) electrons. The standard InChI is InChI=1S/C18H8Br2N8S2/c19-11-5-1-3-9(7-11)13-21-23-17-27(13)25-15(29-17)16-26-28-14(22-24-18(28)30-16)10-4-2-6-12(20)8-10/h1-8H. The molecule has 0 atom stereocenters. The number of aromatic nitrogens is 8. The van der Waals surface area contributed by atoms with Crippen molar-refractivity contribution in [1.82, 2.24) is 39.6 Å². The second-order valence-corrected chi connectivity index (χ2v) is 10.0. The smallest absolute Gasteiger partial charge is 0.182 e. The van der Waals surface area contributed by atoms with Crippen molar-refractivity contribution in [2.24, 2.45) is 0 Å². The van der Waals surface area contributed by atoms with Gasteiger partial charge in [-0.2, -0.15) is 9.03 Å². The third-order valence-electron chi connectivity index (χ3n) is 4.33. The molecule has 12 heteroatoms. The number of nitrogens with zero attached hydrogens (tertiary/aromatic N) is 8. The van der Waals surface area contributed by atoms with Crippen LogP contribution in [0.2, 0.25) is 0 Å². The second kappa shape index (κ2) is 7.01. The predicted molar refractivity (Wildman–Crippen MR) is 123 cm³/mol. The molecule has 0 saturated heterocycles. The highest BCUT2D eigenvalue weighted by Crippen LogP contribution is 2.32. The molecule has 4 aromatic heterocycles. The number of halogens is 2.